The van der Waals surface area contributed by atoms with E-state index < -0.39 is 10.9 Å². The Kier molecular flexibility index (Phi) is 6.66. The van der Waals surface area contributed by atoms with Gasteiger partial charge in [0.15, 0.2) is 0 Å². The van der Waals surface area contributed by atoms with Crippen molar-refractivity contribution in [1.82, 2.24) is 0 Å². The van der Waals surface area contributed by atoms with Crippen LogP contribution in [0, 0.1) is 10.1 Å². The van der Waals surface area contributed by atoms with Crippen molar-refractivity contribution in [3.8, 4) is 0 Å². The molecule has 3 rings (SSSR count). The maximum Gasteiger partial charge on any atom is 0.339 e. The molecular weight excluding hydrogens is 408 g/mol. The van der Waals surface area contributed by atoms with E-state index >= 15 is 0 Å². The van der Waals surface area contributed by atoms with Crippen LogP contribution in [-0.2, 0) is 4.74 Å². The summed E-state index contributed by atoms with van der Waals surface area (Å²) in [4.78, 5) is 27.1. The number of nitro benzene ring substituents is 1. The molecule has 8 nitrogen and oxygen atoms in total. The molecule has 1 heterocycles. The molecule has 1 fully saturated rings. The molecule has 0 aliphatic carbocycles. The van der Waals surface area contributed by atoms with Crippen LogP contribution < -0.4 is 15.1 Å². The number of carbonyl (C=O) groups excluding carboxylic acids is 1. The Morgan fingerprint density at radius 2 is 1.87 bits per heavy atom. The fourth-order valence-electron chi connectivity index (χ4n) is 3.56. The van der Waals surface area contributed by atoms with E-state index in [1.807, 2.05) is 14.1 Å². The molecule has 0 amide bonds. The highest BCUT2D eigenvalue weighted by Gasteiger charge is 2.25. The van der Waals surface area contributed by atoms with Gasteiger partial charge in [-0.15, -0.1) is 0 Å². The number of halogens is 1. The molecule has 9 heteroatoms. The van der Waals surface area contributed by atoms with Crippen molar-refractivity contribution in [3.05, 3.63) is 57.1 Å². The molecule has 1 aliphatic heterocycles. The lowest BCUT2D eigenvalue weighted by molar-refractivity contribution is -0.384. The van der Waals surface area contributed by atoms with E-state index in [2.05, 4.69) is 44.1 Å². The summed E-state index contributed by atoms with van der Waals surface area (Å²) in [7, 11) is 5.23. The van der Waals surface area contributed by atoms with Crippen LogP contribution in [0.3, 0.4) is 0 Å². The van der Waals surface area contributed by atoms with Gasteiger partial charge in [0.05, 0.1) is 22.6 Å². The van der Waals surface area contributed by atoms with Gasteiger partial charge in [-0.1, -0.05) is 11.6 Å². The summed E-state index contributed by atoms with van der Waals surface area (Å²) in [5, 5.41) is 14.9. The number of carbonyl (C=O) groups is 1. The predicted octanol–water partition coefficient (Wildman–Crippen LogP) is 4.18. The summed E-state index contributed by atoms with van der Waals surface area (Å²) in [5.74, 6) is -0.705. The SMILES string of the molecule is COC(=O)c1cc([N+](=O)[O-])c(NC2CCN(c3ccc(N(C)C)cc3)CC2)cc1Cl. The Hall–Kier alpha value is -3.00. The maximum absolute atomic E-state index is 11.8. The number of nitrogens with one attached hydrogen (secondary N) is 1. The number of rotatable bonds is 6. The van der Waals surface area contributed by atoms with Crippen LogP contribution in [-0.4, -0.2) is 51.2 Å². The zero-order chi connectivity index (χ0) is 21.8. The summed E-state index contributed by atoms with van der Waals surface area (Å²) in [6, 6.07) is 11.1. The summed E-state index contributed by atoms with van der Waals surface area (Å²) in [5.41, 5.74) is 2.41. The van der Waals surface area contributed by atoms with Crippen LogP contribution in [0.1, 0.15) is 23.2 Å². The van der Waals surface area contributed by atoms with Crippen molar-refractivity contribution >= 4 is 40.3 Å². The average molecular weight is 433 g/mol. The predicted molar refractivity (Wildman–Crippen MR) is 119 cm³/mol. The number of nitrogens with zero attached hydrogens (tertiary/aromatic N) is 3. The van der Waals surface area contributed by atoms with E-state index in [9.17, 15) is 14.9 Å². The number of methoxy groups -OCH3 is 1. The molecule has 0 bridgehead atoms. The summed E-state index contributed by atoms with van der Waals surface area (Å²) in [6.07, 6.45) is 1.64. The Bertz CT molecular complexity index is 925. The number of ether oxygens (including phenoxy) is 1. The van der Waals surface area contributed by atoms with Gasteiger partial charge in [0.25, 0.3) is 5.69 Å². The molecule has 0 unspecified atom stereocenters. The van der Waals surface area contributed by atoms with Gasteiger partial charge in [0, 0.05) is 50.7 Å². The molecule has 0 atom stereocenters. The van der Waals surface area contributed by atoms with Crippen molar-refractivity contribution in [3.63, 3.8) is 0 Å². The Morgan fingerprint density at radius 3 is 2.40 bits per heavy atom. The smallest absolute Gasteiger partial charge is 0.339 e. The standard InChI is InChI=1S/C21H25ClN4O4/c1-24(2)15-4-6-16(7-5-15)25-10-8-14(9-11-25)23-19-13-18(22)17(21(27)30-3)12-20(19)26(28)29/h4-7,12-14,23H,8-11H2,1-3H3. The van der Waals surface area contributed by atoms with Crippen LogP contribution in [0.25, 0.3) is 0 Å². The third-order valence-electron chi connectivity index (χ3n) is 5.27. The Morgan fingerprint density at radius 1 is 1.23 bits per heavy atom. The first-order chi connectivity index (χ1) is 14.3. The zero-order valence-electron chi connectivity index (χ0n) is 17.2. The first-order valence-electron chi connectivity index (χ1n) is 9.65. The van der Waals surface area contributed by atoms with Crippen molar-refractivity contribution in [2.75, 3.05) is 49.4 Å². The molecule has 1 saturated heterocycles. The lowest BCUT2D eigenvalue weighted by Gasteiger charge is -2.34. The van der Waals surface area contributed by atoms with Crippen LogP contribution in [0.15, 0.2) is 36.4 Å². The number of benzene rings is 2. The van der Waals surface area contributed by atoms with Gasteiger partial charge >= 0.3 is 5.97 Å². The van der Waals surface area contributed by atoms with E-state index in [-0.39, 0.29) is 22.3 Å². The third kappa shape index (κ3) is 4.76. The van der Waals surface area contributed by atoms with Crippen molar-refractivity contribution in [2.24, 2.45) is 0 Å². The molecule has 0 spiro atoms. The molecule has 30 heavy (non-hydrogen) atoms. The Labute approximate surface area is 180 Å². The number of anilines is 3. The second-order valence-electron chi connectivity index (χ2n) is 7.41. The average Bonchev–Trinajstić information content (AvgIpc) is 2.73. The largest absolute Gasteiger partial charge is 0.465 e. The second-order valence-corrected chi connectivity index (χ2v) is 7.82. The lowest BCUT2D eigenvalue weighted by atomic mass is 10.0. The second kappa shape index (κ2) is 9.21. The fraction of sp³-hybridized carbons (Fsp3) is 0.381. The minimum atomic E-state index is -0.705. The van der Waals surface area contributed by atoms with Gasteiger partial charge in [-0.3, -0.25) is 10.1 Å². The molecule has 0 saturated carbocycles. The van der Waals surface area contributed by atoms with E-state index in [0.29, 0.717) is 5.69 Å². The summed E-state index contributed by atoms with van der Waals surface area (Å²) >= 11 is 6.16. The van der Waals surface area contributed by atoms with Gasteiger partial charge < -0.3 is 19.9 Å². The first-order valence-corrected chi connectivity index (χ1v) is 10.0. The third-order valence-corrected chi connectivity index (χ3v) is 5.59. The molecule has 1 aliphatic rings. The monoisotopic (exact) mass is 432 g/mol. The number of esters is 1. The molecule has 160 valence electrons. The van der Waals surface area contributed by atoms with Crippen LogP contribution >= 0.6 is 11.6 Å². The van der Waals surface area contributed by atoms with Crippen molar-refractivity contribution in [2.45, 2.75) is 18.9 Å². The Balaban J connectivity index is 1.69. The highest BCUT2D eigenvalue weighted by Crippen LogP contribution is 2.33. The maximum atomic E-state index is 11.8. The topological polar surface area (TPSA) is 87.9 Å². The number of hydrogen-bond donors (Lipinski definition) is 1. The number of piperidine rings is 1. The highest BCUT2D eigenvalue weighted by atomic mass is 35.5. The molecule has 2 aromatic rings. The van der Waals surface area contributed by atoms with Gasteiger partial charge in [-0.2, -0.15) is 0 Å². The normalized spacial score (nSPS) is 14.3. The van der Waals surface area contributed by atoms with Crippen LogP contribution in [0.5, 0.6) is 0 Å². The van der Waals surface area contributed by atoms with Crippen LogP contribution in [0.4, 0.5) is 22.7 Å². The van der Waals surface area contributed by atoms with Gasteiger partial charge in [-0.05, 0) is 43.2 Å². The minimum Gasteiger partial charge on any atom is -0.465 e. The first kappa shape index (κ1) is 21.7. The van der Waals surface area contributed by atoms with Crippen molar-refractivity contribution < 1.29 is 14.5 Å². The fourth-order valence-corrected chi connectivity index (χ4v) is 3.80. The molecule has 0 aromatic heterocycles. The van der Waals surface area contributed by atoms with Gasteiger partial charge in [0.1, 0.15) is 5.69 Å². The molecular formula is C21H25ClN4O4. The van der Waals surface area contributed by atoms with Gasteiger partial charge in [-0.25, -0.2) is 4.79 Å². The highest BCUT2D eigenvalue weighted by molar-refractivity contribution is 6.34. The minimum absolute atomic E-state index is 0.0209. The molecule has 0 radical (unpaired) electrons. The summed E-state index contributed by atoms with van der Waals surface area (Å²) < 4.78 is 4.64. The lowest BCUT2D eigenvalue weighted by Crippen LogP contribution is -2.39. The number of nitro groups is 1. The molecule has 2 aromatic carbocycles. The van der Waals surface area contributed by atoms with Crippen molar-refractivity contribution in [1.29, 1.82) is 0 Å². The quantitative estimate of drug-likeness (QED) is 0.416. The molecule has 1 N–H and O–H groups in total. The van der Waals surface area contributed by atoms with E-state index in [1.54, 1.807) is 0 Å². The van der Waals surface area contributed by atoms with E-state index in [0.717, 1.165) is 43.4 Å². The van der Waals surface area contributed by atoms with Gasteiger partial charge in [0.2, 0.25) is 0 Å². The zero-order valence-corrected chi connectivity index (χ0v) is 18.0. The van der Waals surface area contributed by atoms with E-state index in [4.69, 9.17) is 11.6 Å². The number of hydrogen-bond acceptors (Lipinski definition) is 7. The summed E-state index contributed by atoms with van der Waals surface area (Å²) in [6.45, 7) is 1.67. The van der Waals surface area contributed by atoms with Crippen LogP contribution in [0.2, 0.25) is 5.02 Å². The van der Waals surface area contributed by atoms with E-state index in [1.165, 1.54) is 13.2 Å².